The molecular formula is C50H32N6. The van der Waals surface area contributed by atoms with Crippen LogP contribution in [0.25, 0.3) is 100 Å². The lowest BCUT2D eigenvalue weighted by molar-refractivity contribution is 0.953. The summed E-state index contributed by atoms with van der Waals surface area (Å²) in [6.45, 7) is 0. The second kappa shape index (κ2) is 13.0. The van der Waals surface area contributed by atoms with Gasteiger partial charge in [-0.1, -0.05) is 146 Å². The van der Waals surface area contributed by atoms with Crippen LogP contribution in [-0.4, -0.2) is 29.1 Å². The van der Waals surface area contributed by atoms with Gasteiger partial charge in [0, 0.05) is 50.1 Å². The van der Waals surface area contributed by atoms with Gasteiger partial charge in [0.05, 0.1) is 27.8 Å². The molecule has 11 rings (SSSR count). The van der Waals surface area contributed by atoms with Crippen LogP contribution in [0.2, 0.25) is 0 Å². The molecule has 0 N–H and O–H groups in total. The molecule has 0 fully saturated rings. The first-order valence-corrected chi connectivity index (χ1v) is 18.7. The monoisotopic (exact) mass is 716 g/mol. The zero-order valence-electron chi connectivity index (χ0n) is 30.2. The predicted octanol–water partition coefficient (Wildman–Crippen LogP) is 12.1. The van der Waals surface area contributed by atoms with Crippen LogP contribution in [0.5, 0.6) is 0 Å². The number of benzene rings is 7. The van der Waals surface area contributed by atoms with Gasteiger partial charge in [0.15, 0.2) is 11.6 Å². The first-order chi connectivity index (χ1) is 27.8. The molecule has 4 aromatic heterocycles. The van der Waals surface area contributed by atoms with Gasteiger partial charge in [0.25, 0.3) is 0 Å². The van der Waals surface area contributed by atoms with E-state index in [0.717, 1.165) is 77.4 Å². The maximum absolute atomic E-state index is 5.36. The van der Waals surface area contributed by atoms with E-state index in [9.17, 15) is 0 Å². The van der Waals surface area contributed by atoms with Crippen molar-refractivity contribution in [3.05, 3.63) is 194 Å². The van der Waals surface area contributed by atoms with Crippen molar-refractivity contribution in [2.24, 2.45) is 0 Å². The molecule has 0 spiro atoms. The first-order valence-electron chi connectivity index (χ1n) is 18.7. The average molecular weight is 717 g/mol. The smallest absolute Gasteiger partial charge is 0.238 e. The number of para-hydroxylation sites is 3. The van der Waals surface area contributed by atoms with Crippen molar-refractivity contribution in [1.29, 1.82) is 0 Å². The van der Waals surface area contributed by atoms with Crippen LogP contribution in [0.4, 0.5) is 0 Å². The number of pyridine rings is 1. The molecule has 6 heteroatoms. The van der Waals surface area contributed by atoms with E-state index >= 15 is 0 Å². The van der Waals surface area contributed by atoms with E-state index in [0.29, 0.717) is 17.6 Å². The topological polar surface area (TPSA) is 61.4 Å². The van der Waals surface area contributed by atoms with Crippen molar-refractivity contribution in [2.75, 3.05) is 0 Å². The molecule has 11 aromatic rings. The summed E-state index contributed by atoms with van der Waals surface area (Å²) in [4.78, 5) is 20.4. The molecule has 0 aliphatic rings. The molecule has 0 atom stereocenters. The average Bonchev–Trinajstić information content (AvgIpc) is 3.80. The second-order valence-electron chi connectivity index (χ2n) is 13.9. The lowest BCUT2D eigenvalue weighted by atomic mass is 10.0. The van der Waals surface area contributed by atoms with E-state index in [1.165, 1.54) is 5.39 Å². The Morgan fingerprint density at radius 2 is 0.893 bits per heavy atom. The SMILES string of the molecule is c1ccc(-c2cccc(-c3nc(-c4ccc(-c5ccccn5)cc4)nc(-n4c5ccccc5c5ccc6c7ccccc7n(-c7ccccc7)c6c54)n3)c2)cc1. The number of rotatable bonds is 6. The molecule has 0 bridgehead atoms. The lowest BCUT2D eigenvalue weighted by Gasteiger charge is -2.13. The van der Waals surface area contributed by atoms with Gasteiger partial charge < -0.3 is 4.57 Å². The fraction of sp³-hybridized carbons (Fsp3) is 0. The summed E-state index contributed by atoms with van der Waals surface area (Å²) >= 11 is 0. The van der Waals surface area contributed by atoms with E-state index in [4.69, 9.17) is 15.0 Å². The Kier molecular flexibility index (Phi) is 7.38. The number of aromatic nitrogens is 6. The Morgan fingerprint density at radius 1 is 0.339 bits per heavy atom. The van der Waals surface area contributed by atoms with Crippen molar-refractivity contribution in [3.63, 3.8) is 0 Å². The quantitative estimate of drug-likeness (QED) is 0.172. The van der Waals surface area contributed by atoms with Crippen LogP contribution in [0.15, 0.2) is 194 Å². The van der Waals surface area contributed by atoms with Gasteiger partial charge in [-0.05, 0) is 53.6 Å². The first kappa shape index (κ1) is 31.8. The summed E-state index contributed by atoms with van der Waals surface area (Å²) in [5, 5.41) is 4.61. The minimum atomic E-state index is 0.549. The maximum Gasteiger partial charge on any atom is 0.238 e. The molecule has 0 aliphatic heterocycles. The van der Waals surface area contributed by atoms with Crippen molar-refractivity contribution in [3.8, 4) is 56.8 Å². The fourth-order valence-electron chi connectivity index (χ4n) is 8.07. The van der Waals surface area contributed by atoms with Crippen molar-refractivity contribution in [1.82, 2.24) is 29.1 Å². The molecule has 0 saturated heterocycles. The highest BCUT2D eigenvalue weighted by Gasteiger charge is 2.23. The molecule has 7 aromatic carbocycles. The number of fused-ring (bicyclic) bond motifs is 7. The molecule has 0 aliphatic carbocycles. The Balaban J connectivity index is 1.22. The Morgan fingerprint density at radius 3 is 1.59 bits per heavy atom. The third-order valence-electron chi connectivity index (χ3n) is 10.6. The van der Waals surface area contributed by atoms with Crippen LogP contribution in [0.3, 0.4) is 0 Å². The number of nitrogens with zero attached hydrogens (tertiary/aromatic N) is 6. The predicted molar refractivity (Wildman–Crippen MR) is 228 cm³/mol. The minimum Gasteiger partial charge on any atom is -0.307 e. The molecular weight excluding hydrogens is 685 g/mol. The zero-order chi connectivity index (χ0) is 37.0. The summed E-state index contributed by atoms with van der Waals surface area (Å²) in [5.74, 6) is 1.73. The molecule has 262 valence electrons. The summed E-state index contributed by atoms with van der Waals surface area (Å²) < 4.78 is 4.62. The third-order valence-corrected chi connectivity index (χ3v) is 10.6. The van der Waals surface area contributed by atoms with Gasteiger partial charge in [0.1, 0.15) is 0 Å². The Hall–Kier alpha value is -7.70. The number of hydrogen-bond acceptors (Lipinski definition) is 4. The van der Waals surface area contributed by atoms with E-state index in [-0.39, 0.29) is 0 Å². The van der Waals surface area contributed by atoms with Gasteiger partial charge in [-0.3, -0.25) is 9.55 Å². The molecule has 4 heterocycles. The largest absolute Gasteiger partial charge is 0.307 e. The van der Waals surface area contributed by atoms with Crippen LogP contribution in [0.1, 0.15) is 0 Å². The maximum atomic E-state index is 5.36. The molecule has 0 amide bonds. The van der Waals surface area contributed by atoms with Crippen molar-refractivity contribution < 1.29 is 0 Å². The Labute approximate surface area is 322 Å². The highest BCUT2D eigenvalue weighted by molar-refractivity contribution is 6.23. The summed E-state index contributed by atoms with van der Waals surface area (Å²) in [7, 11) is 0. The lowest BCUT2D eigenvalue weighted by Crippen LogP contribution is -2.07. The van der Waals surface area contributed by atoms with E-state index in [1.54, 1.807) is 0 Å². The van der Waals surface area contributed by atoms with Crippen molar-refractivity contribution >= 4 is 43.6 Å². The molecule has 0 unspecified atom stereocenters. The van der Waals surface area contributed by atoms with Crippen LogP contribution < -0.4 is 0 Å². The van der Waals surface area contributed by atoms with E-state index < -0.39 is 0 Å². The molecule has 0 saturated carbocycles. The van der Waals surface area contributed by atoms with Gasteiger partial charge in [-0.15, -0.1) is 0 Å². The van der Waals surface area contributed by atoms with Crippen LogP contribution in [0, 0.1) is 0 Å². The van der Waals surface area contributed by atoms with Crippen LogP contribution >= 0.6 is 0 Å². The molecule has 6 nitrogen and oxygen atoms in total. The summed E-state index contributed by atoms with van der Waals surface area (Å²) in [6.07, 6.45) is 1.82. The molecule has 56 heavy (non-hydrogen) atoms. The molecule has 0 radical (unpaired) electrons. The van der Waals surface area contributed by atoms with Gasteiger partial charge in [-0.25, -0.2) is 4.98 Å². The highest BCUT2D eigenvalue weighted by atomic mass is 15.2. The van der Waals surface area contributed by atoms with Crippen LogP contribution in [-0.2, 0) is 0 Å². The van der Waals surface area contributed by atoms with E-state index in [1.807, 2.05) is 30.5 Å². The van der Waals surface area contributed by atoms with Gasteiger partial charge >= 0.3 is 0 Å². The van der Waals surface area contributed by atoms with Gasteiger partial charge in [0.2, 0.25) is 5.95 Å². The van der Waals surface area contributed by atoms with E-state index in [2.05, 4.69) is 178 Å². The second-order valence-corrected chi connectivity index (χ2v) is 13.9. The standard InChI is InChI=1S/C50H32N6/c1-3-14-33(15-4-1)36-16-13-17-37(32-36)49-52-48(35-27-25-34(26-28-35)43-22-11-12-31-51-43)53-50(54-49)56-45-24-10-8-21-40(45)42-30-29-41-39-20-7-9-23-44(39)55(46(41)47(42)56)38-18-5-2-6-19-38/h1-32H. The summed E-state index contributed by atoms with van der Waals surface area (Å²) in [6, 6.07) is 65.4. The highest BCUT2D eigenvalue weighted by Crippen LogP contribution is 2.41. The summed E-state index contributed by atoms with van der Waals surface area (Å²) in [5.41, 5.74) is 11.3. The normalized spacial score (nSPS) is 11.6. The van der Waals surface area contributed by atoms with Crippen molar-refractivity contribution in [2.45, 2.75) is 0 Å². The minimum absolute atomic E-state index is 0.549. The Bertz CT molecular complexity index is 3220. The van der Waals surface area contributed by atoms with Gasteiger partial charge in [-0.2, -0.15) is 9.97 Å². The number of hydrogen-bond donors (Lipinski definition) is 0. The fourth-order valence-corrected chi connectivity index (χ4v) is 8.07. The third kappa shape index (κ3) is 5.19. The zero-order valence-corrected chi connectivity index (χ0v) is 30.2.